The lowest BCUT2D eigenvalue weighted by Gasteiger charge is -2.05. The summed E-state index contributed by atoms with van der Waals surface area (Å²) in [6.07, 6.45) is 0. The number of aryl methyl sites for hydroxylation is 2. The fourth-order valence-electron chi connectivity index (χ4n) is 0.885. The van der Waals surface area contributed by atoms with Crippen molar-refractivity contribution in [2.75, 3.05) is 6.61 Å². The zero-order valence-electron chi connectivity index (χ0n) is 7.22. The van der Waals surface area contributed by atoms with Crippen LogP contribution < -0.4 is 4.74 Å². The summed E-state index contributed by atoms with van der Waals surface area (Å²) in [6, 6.07) is 4.01. The van der Waals surface area contributed by atoms with Crippen molar-refractivity contribution in [2.45, 2.75) is 20.8 Å². The molecule has 0 fully saturated rings. The van der Waals surface area contributed by atoms with Crippen molar-refractivity contribution < 1.29 is 4.74 Å². The maximum absolute atomic E-state index is 5.31. The summed E-state index contributed by atoms with van der Waals surface area (Å²) < 4.78 is 5.31. The minimum atomic E-state index is 0.678. The van der Waals surface area contributed by atoms with E-state index in [9.17, 15) is 0 Å². The van der Waals surface area contributed by atoms with Crippen molar-refractivity contribution in [3.63, 3.8) is 0 Å². The first kappa shape index (κ1) is 8.05. The Kier molecular flexibility index (Phi) is 2.47. The van der Waals surface area contributed by atoms with Gasteiger partial charge in [-0.05, 0) is 26.8 Å². The van der Waals surface area contributed by atoms with Gasteiger partial charge >= 0.3 is 0 Å². The lowest BCUT2D eigenvalue weighted by atomic mass is 10.3. The summed E-state index contributed by atoms with van der Waals surface area (Å²) in [5.41, 5.74) is 2.09. The number of rotatable bonds is 2. The van der Waals surface area contributed by atoms with E-state index in [2.05, 4.69) is 4.98 Å². The fourth-order valence-corrected chi connectivity index (χ4v) is 0.885. The van der Waals surface area contributed by atoms with Crippen LogP contribution in [0.4, 0.5) is 0 Å². The van der Waals surface area contributed by atoms with Gasteiger partial charge in [0, 0.05) is 11.3 Å². The van der Waals surface area contributed by atoms with Gasteiger partial charge in [-0.1, -0.05) is 6.07 Å². The van der Waals surface area contributed by atoms with E-state index in [1.807, 2.05) is 32.9 Å². The molecule has 2 heteroatoms. The third kappa shape index (κ3) is 1.93. The van der Waals surface area contributed by atoms with Crippen molar-refractivity contribution >= 4 is 0 Å². The number of hydrogen-bond donors (Lipinski definition) is 0. The van der Waals surface area contributed by atoms with E-state index in [-0.39, 0.29) is 0 Å². The average Bonchev–Trinajstić information content (AvgIpc) is 1.98. The summed E-state index contributed by atoms with van der Waals surface area (Å²) in [4.78, 5) is 4.24. The molecule has 0 radical (unpaired) electrons. The molecule has 0 amide bonds. The Morgan fingerprint density at radius 2 is 2.09 bits per heavy atom. The van der Waals surface area contributed by atoms with Gasteiger partial charge < -0.3 is 4.74 Å². The van der Waals surface area contributed by atoms with Crippen LogP contribution in [0.3, 0.4) is 0 Å². The maximum atomic E-state index is 5.31. The Balaban J connectivity index is 2.93. The summed E-state index contributed by atoms with van der Waals surface area (Å²) in [7, 11) is 0. The van der Waals surface area contributed by atoms with Crippen LogP contribution in [-0.4, -0.2) is 11.6 Å². The molecule has 1 rings (SSSR count). The van der Waals surface area contributed by atoms with Gasteiger partial charge in [-0.2, -0.15) is 0 Å². The summed E-state index contributed by atoms with van der Waals surface area (Å²) in [6.45, 7) is 6.60. The first-order valence-electron chi connectivity index (χ1n) is 3.81. The zero-order valence-corrected chi connectivity index (χ0v) is 7.22. The van der Waals surface area contributed by atoms with E-state index >= 15 is 0 Å². The van der Waals surface area contributed by atoms with E-state index in [1.54, 1.807) is 0 Å². The van der Waals surface area contributed by atoms with Crippen LogP contribution in [0.15, 0.2) is 12.1 Å². The molecule has 0 bridgehead atoms. The minimum absolute atomic E-state index is 0.678. The zero-order chi connectivity index (χ0) is 8.27. The van der Waals surface area contributed by atoms with Gasteiger partial charge in [0.1, 0.15) is 0 Å². The first-order chi connectivity index (χ1) is 5.24. The van der Waals surface area contributed by atoms with Crippen molar-refractivity contribution in [1.29, 1.82) is 0 Å². The molecule has 1 heterocycles. The summed E-state index contributed by atoms with van der Waals surface area (Å²) >= 11 is 0. The monoisotopic (exact) mass is 151 g/mol. The lowest BCUT2D eigenvalue weighted by Crippen LogP contribution is -1.97. The van der Waals surface area contributed by atoms with Crippen LogP contribution in [0.2, 0.25) is 0 Å². The van der Waals surface area contributed by atoms with Crippen molar-refractivity contribution in [3.05, 3.63) is 23.4 Å². The molecule has 0 N–H and O–H groups in total. The van der Waals surface area contributed by atoms with Gasteiger partial charge in [-0.15, -0.1) is 0 Å². The second-order valence-corrected chi connectivity index (χ2v) is 2.51. The van der Waals surface area contributed by atoms with E-state index < -0.39 is 0 Å². The minimum Gasteiger partial charge on any atom is -0.478 e. The molecule has 1 aromatic rings. The molecule has 2 nitrogen and oxygen atoms in total. The van der Waals surface area contributed by atoms with Gasteiger partial charge in [-0.3, -0.25) is 0 Å². The Hall–Kier alpha value is -1.05. The number of aromatic nitrogens is 1. The SMILES string of the molecule is CCOc1nc(C)ccc1C. The molecule has 0 spiro atoms. The largest absolute Gasteiger partial charge is 0.478 e. The Morgan fingerprint density at radius 3 is 2.73 bits per heavy atom. The third-order valence-corrected chi connectivity index (χ3v) is 1.47. The van der Waals surface area contributed by atoms with Crippen LogP contribution in [0.25, 0.3) is 0 Å². The van der Waals surface area contributed by atoms with Crippen LogP contribution in [-0.2, 0) is 0 Å². The van der Waals surface area contributed by atoms with E-state index in [0.29, 0.717) is 6.61 Å². The van der Waals surface area contributed by atoms with Gasteiger partial charge in [0.25, 0.3) is 0 Å². The molecule has 0 saturated carbocycles. The van der Waals surface area contributed by atoms with Crippen LogP contribution in [0, 0.1) is 13.8 Å². The van der Waals surface area contributed by atoms with E-state index in [0.717, 1.165) is 17.1 Å². The predicted octanol–water partition coefficient (Wildman–Crippen LogP) is 2.10. The predicted molar refractivity (Wildman–Crippen MR) is 44.9 cm³/mol. The molecule has 0 aliphatic carbocycles. The fraction of sp³-hybridized carbons (Fsp3) is 0.444. The maximum Gasteiger partial charge on any atom is 0.216 e. The number of ether oxygens (including phenoxy) is 1. The average molecular weight is 151 g/mol. The second-order valence-electron chi connectivity index (χ2n) is 2.51. The van der Waals surface area contributed by atoms with Crippen LogP contribution >= 0.6 is 0 Å². The van der Waals surface area contributed by atoms with Crippen LogP contribution in [0.1, 0.15) is 18.2 Å². The Bertz CT molecular complexity index is 245. The number of hydrogen-bond acceptors (Lipinski definition) is 2. The molecule has 0 atom stereocenters. The summed E-state index contributed by atoms with van der Waals surface area (Å²) in [5, 5.41) is 0. The molecule has 11 heavy (non-hydrogen) atoms. The standard InChI is InChI=1S/C9H13NO/c1-4-11-9-7(2)5-6-8(3)10-9/h5-6H,4H2,1-3H3. The van der Waals surface area contributed by atoms with Crippen LogP contribution in [0.5, 0.6) is 5.88 Å². The summed E-state index contributed by atoms with van der Waals surface area (Å²) in [5.74, 6) is 0.757. The highest BCUT2D eigenvalue weighted by molar-refractivity contribution is 5.26. The van der Waals surface area contributed by atoms with Crippen molar-refractivity contribution in [2.24, 2.45) is 0 Å². The lowest BCUT2D eigenvalue weighted by molar-refractivity contribution is 0.323. The Morgan fingerprint density at radius 1 is 1.36 bits per heavy atom. The molecule has 1 aromatic heterocycles. The first-order valence-corrected chi connectivity index (χ1v) is 3.81. The third-order valence-electron chi connectivity index (χ3n) is 1.47. The molecule has 0 aliphatic heterocycles. The number of nitrogens with zero attached hydrogens (tertiary/aromatic N) is 1. The highest BCUT2D eigenvalue weighted by Crippen LogP contribution is 2.13. The second kappa shape index (κ2) is 3.37. The topological polar surface area (TPSA) is 22.1 Å². The van der Waals surface area contributed by atoms with Gasteiger partial charge in [-0.25, -0.2) is 4.98 Å². The van der Waals surface area contributed by atoms with Crippen molar-refractivity contribution in [1.82, 2.24) is 4.98 Å². The smallest absolute Gasteiger partial charge is 0.216 e. The molecule has 0 aromatic carbocycles. The van der Waals surface area contributed by atoms with E-state index in [4.69, 9.17) is 4.74 Å². The molecular formula is C9H13NO. The highest BCUT2D eigenvalue weighted by atomic mass is 16.5. The molecule has 60 valence electrons. The Labute approximate surface area is 67.2 Å². The molecule has 0 unspecified atom stereocenters. The normalized spacial score (nSPS) is 9.73. The van der Waals surface area contributed by atoms with E-state index in [1.165, 1.54) is 0 Å². The number of pyridine rings is 1. The molecule has 0 aliphatic rings. The van der Waals surface area contributed by atoms with Gasteiger partial charge in [0.05, 0.1) is 6.61 Å². The quantitative estimate of drug-likeness (QED) is 0.645. The van der Waals surface area contributed by atoms with Gasteiger partial charge in [0.2, 0.25) is 5.88 Å². The van der Waals surface area contributed by atoms with Crippen molar-refractivity contribution in [3.8, 4) is 5.88 Å². The highest BCUT2D eigenvalue weighted by Gasteiger charge is 1.98. The molecule has 0 saturated heterocycles. The van der Waals surface area contributed by atoms with Gasteiger partial charge in [0.15, 0.2) is 0 Å². The molecular weight excluding hydrogens is 138 g/mol.